The molecule has 0 spiro atoms. The monoisotopic (exact) mass is 186 g/mol. The highest BCUT2D eigenvalue weighted by Crippen LogP contribution is 2.21. The number of rotatable bonds is 1. The lowest BCUT2D eigenvalue weighted by atomic mass is 10.0. The van der Waals surface area contributed by atoms with Crippen molar-refractivity contribution in [3.8, 4) is 0 Å². The van der Waals surface area contributed by atoms with Crippen LogP contribution in [0.4, 0.5) is 0 Å². The van der Waals surface area contributed by atoms with Crippen molar-refractivity contribution in [3.63, 3.8) is 0 Å². The molecular weight excluding hydrogens is 176 g/mol. The molecule has 0 aromatic heterocycles. The third-order valence-corrected chi connectivity index (χ3v) is 2.43. The summed E-state index contributed by atoms with van der Waals surface area (Å²) in [6, 6.07) is 11.3. The van der Waals surface area contributed by atoms with Crippen molar-refractivity contribution in [2.24, 2.45) is 0 Å². The molecule has 0 unspecified atom stereocenters. The van der Waals surface area contributed by atoms with Gasteiger partial charge >= 0.3 is 5.97 Å². The first kappa shape index (κ1) is 8.75. The van der Waals surface area contributed by atoms with E-state index in [2.05, 4.69) is 0 Å². The van der Waals surface area contributed by atoms with E-state index in [1.165, 1.54) is 0 Å². The Morgan fingerprint density at radius 1 is 1.14 bits per heavy atom. The van der Waals surface area contributed by atoms with Crippen LogP contribution in [0.1, 0.15) is 15.9 Å². The van der Waals surface area contributed by atoms with Crippen LogP contribution in [0.15, 0.2) is 36.4 Å². The molecule has 0 saturated heterocycles. The summed E-state index contributed by atoms with van der Waals surface area (Å²) in [6.07, 6.45) is 0. The van der Waals surface area contributed by atoms with Gasteiger partial charge in [-0.25, -0.2) is 4.79 Å². The molecule has 0 bridgehead atoms. The molecule has 0 aliphatic heterocycles. The Morgan fingerprint density at radius 3 is 2.57 bits per heavy atom. The largest absolute Gasteiger partial charge is 0.478 e. The van der Waals surface area contributed by atoms with Gasteiger partial charge in [-0.1, -0.05) is 30.3 Å². The van der Waals surface area contributed by atoms with Crippen LogP contribution in [-0.4, -0.2) is 11.1 Å². The third-order valence-electron chi connectivity index (χ3n) is 2.43. The lowest BCUT2D eigenvalue weighted by molar-refractivity contribution is 0.0696. The summed E-state index contributed by atoms with van der Waals surface area (Å²) in [5, 5.41) is 11.0. The first-order chi connectivity index (χ1) is 6.70. The highest BCUT2D eigenvalue weighted by atomic mass is 16.4. The fourth-order valence-electron chi connectivity index (χ4n) is 1.66. The Labute approximate surface area is 81.8 Å². The topological polar surface area (TPSA) is 37.3 Å². The van der Waals surface area contributed by atoms with E-state index < -0.39 is 5.97 Å². The molecular formula is C12H10O2. The molecule has 0 amide bonds. The molecule has 0 fully saturated rings. The smallest absolute Gasteiger partial charge is 0.335 e. The molecule has 0 aliphatic rings. The van der Waals surface area contributed by atoms with Gasteiger partial charge in [0.2, 0.25) is 0 Å². The van der Waals surface area contributed by atoms with Crippen LogP contribution in [0.5, 0.6) is 0 Å². The number of hydrogen-bond acceptors (Lipinski definition) is 1. The molecule has 0 radical (unpaired) electrons. The van der Waals surface area contributed by atoms with Gasteiger partial charge in [-0.2, -0.15) is 0 Å². The summed E-state index contributed by atoms with van der Waals surface area (Å²) in [5.41, 5.74) is 1.21. The number of fused-ring (bicyclic) bond motifs is 1. The van der Waals surface area contributed by atoms with E-state index in [9.17, 15) is 4.79 Å². The maximum absolute atomic E-state index is 10.9. The van der Waals surface area contributed by atoms with Gasteiger partial charge in [-0.05, 0) is 29.3 Å². The van der Waals surface area contributed by atoms with E-state index >= 15 is 0 Å². The van der Waals surface area contributed by atoms with Gasteiger partial charge in [-0.15, -0.1) is 0 Å². The molecule has 0 saturated carbocycles. The Hall–Kier alpha value is -1.83. The average molecular weight is 186 g/mol. The fraction of sp³-hybridized carbons (Fsp3) is 0.0833. The highest BCUT2D eigenvalue weighted by molar-refractivity contribution is 5.97. The maximum atomic E-state index is 10.9. The summed E-state index contributed by atoms with van der Waals surface area (Å²) >= 11 is 0. The van der Waals surface area contributed by atoms with E-state index in [1.54, 1.807) is 6.07 Å². The number of aryl methyl sites for hydroxylation is 1. The molecule has 2 aromatic carbocycles. The van der Waals surface area contributed by atoms with E-state index in [0.29, 0.717) is 5.56 Å². The molecule has 2 rings (SSSR count). The minimum absolute atomic E-state index is 0.378. The predicted molar refractivity (Wildman–Crippen MR) is 55.6 cm³/mol. The molecule has 2 aromatic rings. The summed E-state index contributed by atoms with van der Waals surface area (Å²) < 4.78 is 0. The van der Waals surface area contributed by atoms with Gasteiger partial charge in [0.1, 0.15) is 0 Å². The summed E-state index contributed by atoms with van der Waals surface area (Å²) in [4.78, 5) is 10.9. The number of hydrogen-bond donors (Lipinski definition) is 1. The van der Waals surface area contributed by atoms with Crippen molar-refractivity contribution in [3.05, 3.63) is 47.5 Å². The summed E-state index contributed by atoms with van der Waals surface area (Å²) in [5.74, 6) is -0.867. The lowest BCUT2D eigenvalue weighted by Gasteiger charge is -2.04. The Balaban J connectivity index is 2.81. The molecule has 70 valence electrons. The van der Waals surface area contributed by atoms with Gasteiger partial charge in [0.05, 0.1) is 5.56 Å². The Bertz CT molecular complexity index is 501. The average Bonchev–Trinajstić information content (AvgIpc) is 2.18. The minimum atomic E-state index is -0.867. The van der Waals surface area contributed by atoms with Crippen LogP contribution in [0, 0.1) is 6.92 Å². The zero-order valence-corrected chi connectivity index (χ0v) is 7.82. The minimum Gasteiger partial charge on any atom is -0.478 e. The maximum Gasteiger partial charge on any atom is 0.335 e. The van der Waals surface area contributed by atoms with Crippen LogP contribution in [-0.2, 0) is 0 Å². The molecule has 14 heavy (non-hydrogen) atoms. The van der Waals surface area contributed by atoms with Crippen molar-refractivity contribution in [2.75, 3.05) is 0 Å². The van der Waals surface area contributed by atoms with Crippen molar-refractivity contribution in [1.82, 2.24) is 0 Å². The Kier molecular flexibility index (Phi) is 1.97. The zero-order valence-electron chi connectivity index (χ0n) is 7.82. The van der Waals surface area contributed by atoms with Crippen molar-refractivity contribution < 1.29 is 9.90 Å². The van der Waals surface area contributed by atoms with E-state index in [-0.39, 0.29) is 0 Å². The van der Waals surface area contributed by atoms with E-state index in [0.717, 1.165) is 16.3 Å². The first-order valence-corrected chi connectivity index (χ1v) is 4.42. The number of benzene rings is 2. The third kappa shape index (κ3) is 1.25. The van der Waals surface area contributed by atoms with Gasteiger partial charge in [0, 0.05) is 0 Å². The van der Waals surface area contributed by atoms with Crippen molar-refractivity contribution >= 4 is 16.7 Å². The van der Waals surface area contributed by atoms with Crippen LogP contribution in [0.25, 0.3) is 10.8 Å². The van der Waals surface area contributed by atoms with Gasteiger partial charge in [0.25, 0.3) is 0 Å². The molecule has 0 aliphatic carbocycles. The Morgan fingerprint density at radius 2 is 1.86 bits per heavy atom. The predicted octanol–water partition coefficient (Wildman–Crippen LogP) is 2.85. The lowest BCUT2D eigenvalue weighted by Crippen LogP contribution is -1.99. The number of aromatic carboxylic acids is 1. The van der Waals surface area contributed by atoms with E-state index in [1.807, 2.05) is 37.3 Å². The summed E-state index contributed by atoms with van der Waals surface area (Å²) in [6.45, 7) is 1.84. The number of carboxylic acids is 1. The molecule has 0 heterocycles. The number of carbonyl (C=O) groups is 1. The number of carboxylic acid groups (broad SMARTS) is 1. The van der Waals surface area contributed by atoms with Crippen LogP contribution < -0.4 is 0 Å². The van der Waals surface area contributed by atoms with Gasteiger partial charge < -0.3 is 5.11 Å². The van der Waals surface area contributed by atoms with Crippen LogP contribution in [0.2, 0.25) is 0 Å². The van der Waals surface area contributed by atoms with Crippen molar-refractivity contribution in [2.45, 2.75) is 6.92 Å². The van der Waals surface area contributed by atoms with E-state index in [4.69, 9.17) is 5.11 Å². The first-order valence-electron chi connectivity index (χ1n) is 4.42. The second-order valence-electron chi connectivity index (χ2n) is 3.26. The SMILES string of the molecule is Cc1c(C(=O)O)ccc2ccccc12. The summed E-state index contributed by atoms with van der Waals surface area (Å²) in [7, 11) is 0. The molecule has 2 heteroatoms. The normalized spacial score (nSPS) is 10.4. The van der Waals surface area contributed by atoms with Crippen LogP contribution in [0.3, 0.4) is 0 Å². The molecule has 0 atom stereocenters. The second-order valence-corrected chi connectivity index (χ2v) is 3.26. The zero-order chi connectivity index (χ0) is 10.1. The highest BCUT2D eigenvalue weighted by Gasteiger charge is 2.08. The van der Waals surface area contributed by atoms with Crippen molar-refractivity contribution in [1.29, 1.82) is 0 Å². The second kappa shape index (κ2) is 3.14. The van der Waals surface area contributed by atoms with Crippen LogP contribution >= 0.6 is 0 Å². The van der Waals surface area contributed by atoms with Gasteiger partial charge in [-0.3, -0.25) is 0 Å². The molecule has 1 N–H and O–H groups in total. The fourth-order valence-corrected chi connectivity index (χ4v) is 1.66. The molecule has 2 nitrogen and oxygen atoms in total. The quantitative estimate of drug-likeness (QED) is 0.743. The standard InChI is InChI=1S/C12H10O2/c1-8-10-5-3-2-4-9(10)6-7-11(8)12(13)14/h2-7H,1H3,(H,13,14). The van der Waals surface area contributed by atoms with Gasteiger partial charge in [0.15, 0.2) is 0 Å².